The Bertz CT molecular complexity index is 703. The Hall–Kier alpha value is -1.73. The van der Waals surface area contributed by atoms with E-state index >= 15 is 0 Å². The Labute approximate surface area is 149 Å². The van der Waals surface area contributed by atoms with E-state index < -0.39 is 0 Å². The number of amides is 1. The van der Waals surface area contributed by atoms with E-state index in [4.69, 9.17) is 9.47 Å². The molecule has 1 aromatic carbocycles. The van der Waals surface area contributed by atoms with Gasteiger partial charge in [0.15, 0.2) is 11.5 Å². The number of aryl methyl sites for hydroxylation is 1. The molecule has 128 valence electrons. The molecule has 0 fully saturated rings. The van der Waals surface area contributed by atoms with E-state index in [-0.39, 0.29) is 12.7 Å². The Morgan fingerprint density at radius 3 is 3.12 bits per heavy atom. The van der Waals surface area contributed by atoms with Crippen molar-refractivity contribution in [2.24, 2.45) is 0 Å². The van der Waals surface area contributed by atoms with Gasteiger partial charge in [0, 0.05) is 35.1 Å². The van der Waals surface area contributed by atoms with Crippen molar-refractivity contribution < 1.29 is 14.3 Å². The van der Waals surface area contributed by atoms with Gasteiger partial charge in [0.2, 0.25) is 12.7 Å². The topological polar surface area (TPSA) is 60.5 Å². The summed E-state index contributed by atoms with van der Waals surface area (Å²) in [7, 11) is 0. The molecule has 1 amide bonds. The number of nitrogens with one attached hydrogen (secondary N) is 1. The second kappa shape index (κ2) is 8.39. The first kappa shape index (κ1) is 17.1. The highest BCUT2D eigenvalue weighted by Gasteiger charge is 2.14. The van der Waals surface area contributed by atoms with Crippen LogP contribution < -0.4 is 14.8 Å². The number of ether oxygens (including phenoxy) is 2. The van der Waals surface area contributed by atoms with Crippen molar-refractivity contribution in [2.45, 2.75) is 31.9 Å². The van der Waals surface area contributed by atoms with Crippen molar-refractivity contribution in [1.82, 2.24) is 4.98 Å². The molecular formula is C17H20N2O3S2. The van der Waals surface area contributed by atoms with Gasteiger partial charge in [0.1, 0.15) is 0 Å². The first-order valence-electron chi connectivity index (χ1n) is 7.95. The van der Waals surface area contributed by atoms with Crippen LogP contribution in [0.1, 0.15) is 30.5 Å². The fraction of sp³-hybridized carbons (Fsp3) is 0.412. The first-order chi connectivity index (χ1) is 11.7. The third kappa shape index (κ3) is 4.64. The molecular weight excluding hydrogens is 344 g/mol. The van der Waals surface area contributed by atoms with Crippen molar-refractivity contribution in [3.05, 3.63) is 34.3 Å². The molecule has 7 heteroatoms. The summed E-state index contributed by atoms with van der Waals surface area (Å²) in [6, 6.07) is 5.42. The molecule has 2 heterocycles. The highest BCUT2D eigenvalue weighted by atomic mass is 32.2. The van der Waals surface area contributed by atoms with E-state index in [0.29, 0.717) is 17.9 Å². The number of thioether (sulfide) groups is 1. The van der Waals surface area contributed by atoms with Gasteiger partial charge in [-0.25, -0.2) is 4.98 Å². The van der Waals surface area contributed by atoms with Crippen LogP contribution >= 0.6 is 23.1 Å². The van der Waals surface area contributed by atoms with Crippen LogP contribution in [0.2, 0.25) is 0 Å². The van der Waals surface area contributed by atoms with E-state index in [1.165, 1.54) is 5.01 Å². The monoisotopic (exact) mass is 364 g/mol. The largest absolute Gasteiger partial charge is 0.454 e. The molecule has 5 nitrogen and oxygen atoms in total. The van der Waals surface area contributed by atoms with Crippen LogP contribution in [0.3, 0.4) is 0 Å². The molecule has 0 saturated heterocycles. The van der Waals surface area contributed by atoms with Crippen molar-refractivity contribution in [2.75, 3.05) is 17.9 Å². The second-order valence-corrected chi connectivity index (χ2v) is 7.45. The van der Waals surface area contributed by atoms with Gasteiger partial charge in [-0.15, -0.1) is 11.3 Å². The van der Waals surface area contributed by atoms with E-state index in [1.54, 1.807) is 29.2 Å². The number of nitrogens with zero attached hydrogens (tertiary/aromatic N) is 1. The molecule has 0 radical (unpaired) electrons. The minimum Gasteiger partial charge on any atom is -0.454 e. The van der Waals surface area contributed by atoms with E-state index in [0.717, 1.165) is 35.7 Å². The van der Waals surface area contributed by atoms with Crippen LogP contribution in [-0.4, -0.2) is 23.4 Å². The van der Waals surface area contributed by atoms with Gasteiger partial charge in [-0.2, -0.15) is 11.8 Å². The number of hydrogen-bond donors (Lipinski definition) is 1. The average molecular weight is 364 g/mol. The van der Waals surface area contributed by atoms with E-state index in [2.05, 4.69) is 22.6 Å². The van der Waals surface area contributed by atoms with Crippen LogP contribution in [0.25, 0.3) is 0 Å². The van der Waals surface area contributed by atoms with Crippen LogP contribution in [0.5, 0.6) is 11.5 Å². The van der Waals surface area contributed by atoms with Crippen LogP contribution in [0.4, 0.5) is 5.69 Å². The molecule has 2 aromatic rings. The Balaban J connectivity index is 1.38. The lowest BCUT2D eigenvalue weighted by molar-refractivity contribution is -0.115. The second-order valence-electron chi connectivity index (χ2n) is 5.40. The maximum absolute atomic E-state index is 12.0. The summed E-state index contributed by atoms with van der Waals surface area (Å²) in [5.41, 5.74) is 1.85. The highest BCUT2D eigenvalue weighted by molar-refractivity contribution is 7.98. The lowest BCUT2D eigenvalue weighted by Gasteiger charge is -2.06. The quantitative estimate of drug-likeness (QED) is 0.715. The summed E-state index contributed by atoms with van der Waals surface area (Å²) in [4.78, 5) is 16.6. The molecule has 3 rings (SSSR count). The zero-order chi connectivity index (χ0) is 16.8. The van der Waals surface area contributed by atoms with Gasteiger partial charge >= 0.3 is 0 Å². The Morgan fingerprint density at radius 2 is 2.25 bits per heavy atom. The first-order valence-corrected chi connectivity index (χ1v) is 9.98. The lowest BCUT2D eigenvalue weighted by atomic mass is 10.2. The predicted octanol–water partition coefficient (Wildman–Crippen LogP) is 4.09. The maximum atomic E-state index is 12.0. The Kier molecular flexibility index (Phi) is 5.98. The molecule has 24 heavy (non-hydrogen) atoms. The third-order valence-electron chi connectivity index (χ3n) is 3.44. The van der Waals surface area contributed by atoms with Gasteiger partial charge in [0.25, 0.3) is 0 Å². The van der Waals surface area contributed by atoms with Gasteiger partial charge in [-0.05, 0) is 25.0 Å². The zero-order valence-electron chi connectivity index (χ0n) is 13.5. The highest BCUT2D eigenvalue weighted by Crippen LogP contribution is 2.34. The minimum absolute atomic E-state index is 0.00585. The standard InChI is InChI=1S/C17H20N2O3S2/c1-2-3-17-19-13(10-24-17)9-23-7-6-16(20)18-12-4-5-14-15(8-12)22-11-21-14/h4-5,8,10H,2-3,6-7,9,11H2,1H3,(H,18,20). The number of carbonyl (C=O) groups excluding carboxylic acids is 1. The fourth-order valence-electron chi connectivity index (χ4n) is 2.28. The minimum atomic E-state index is 0.00585. The summed E-state index contributed by atoms with van der Waals surface area (Å²) in [6.07, 6.45) is 2.65. The molecule has 1 aliphatic heterocycles. The van der Waals surface area contributed by atoms with Crippen molar-refractivity contribution in [3.8, 4) is 11.5 Å². The number of carbonyl (C=O) groups is 1. The van der Waals surface area contributed by atoms with Crippen LogP contribution in [-0.2, 0) is 17.0 Å². The number of anilines is 1. The molecule has 1 aliphatic rings. The summed E-state index contributed by atoms with van der Waals surface area (Å²) in [5.74, 6) is 3.03. The van der Waals surface area contributed by atoms with Crippen LogP contribution in [0, 0.1) is 0 Å². The summed E-state index contributed by atoms with van der Waals surface area (Å²) < 4.78 is 10.6. The van der Waals surface area contributed by atoms with Crippen molar-refractivity contribution in [1.29, 1.82) is 0 Å². The number of aromatic nitrogens is 1. The SMILES string of the molecule is CCCc1nc(CSCCC(=O)Nc2ccc3c(c2)OCO3)cs1. The molecule has 0 bridgehead atoms. The fourth-order valence-corrected chi connectivity index (χ4v) is 4.12. The summed E-state index contributed by atoms with van der Waals surface area (Å²) in [5, 5.41) is 6.21. The molecule has 1 N–H and O–H groups in total. The van der Waals surface area contributed by atoms with Gasteiger partial charge in [0.05, 0.1) is 10.7 Å². The normalized spacial score (nSPS) is 12.4. The van der Waals surface area contributed by atoms with E-state index in [1.807, 2.05) is 12.1 Å². The van der Waals surface area contributed by atoms with Gasteiger partial charge in [-0.1, -0.05) is 6.92 Å². The molecule has 0 saturated carbocycles. The Morgan fingerprint density at radius 1 is 1.38 bits per heavy atom. The maximum Gasteiger partial charge on any atom is 0.231 e. The van der Waals surface area contributed by atoms with Crippen molar-refractivity contribution in [3.63, 3.8) is 0 Å². The average Bonchev–Trinajstić information content (AvgIpc) is 3.20. The van der Waals surface area contributed by atoms with Crippen LogP contribution in [0.15, 0.2) is 23.6 Å². The molecule has 1 aromatic heterocycles. The summed E-state index contributed by atoms with van der Waals surface area (Å²) >= 11 is 3.46. The summed E-state index contributed by atoms with van der Waals surface area (Å²) in [6.45, 7) is 2.40. The number of rotatable bonds is 8. The molecule has 0 unspecified atom stereocenters. The smallest absolute Gasteiger partial charge is 0.231 e. The molecule has 0 spiro atoms. The number of benzene rings is 1. The van der Waals surface area contributed by atoms with Gasteiger partial charge < -0.3 is 14.8 Å². The number of fused-ring (bicyclic) bond motifs is 1. The molecule has 0 aliphatic carbocycles. The van der Waals surface area contributed by atoms with Crippen molar-refractivity contribution >= 4 is 34.7 Å². The number of thiazole rings is 1. The predicted molar refractivity (Wildman–Crippen MR) is 98.1 cm³/mol. The molecule has 0 atom stereocenters. The third-order valence-corrected chi connectivity index (χ3v) is 5.39. The van der Waals surface area contributed by atoms with E-state index in [9.17, 15) is 4.79 Å². The lowest BCUT2D eigenvalue weighted by Crippen LogP contribution is -2.12. The van der Waals surface area contributed by atoms with Gasteiger partial charge in [-0.3, -0.25) is 4.79 Å². The zero-order valence-corrected chi connectivity index (χ0v) is 15.2. The number of hydrogen-bond acceptors (Lipinski definition) is 6.